The number of aliphatic hydroxyl groups excluding tert-OH is 1. The van der Waals surface area contributed by atoms with Crippen LogP contribution in [0.15, 0.2) is 29.3 Å². The predicted octanol–water partition coefficient (Wildman–Crippen LogP) is 0.722. The summed E-state index contributed by atoms with van der Waals surface area (Å²) >= 11 is 0. The van der Waals surface area contributed by atoms with Gasteiger partial charge in [0.25, 0.3) is 5.56 Å². The van der Waals surface area contributed by atoms with Gasteiger partial charge in [0.15, 0.2) is 0 Å². The maximum absolute atomic E-state index is 12.7. The summed E-state index contributed by atoms with van der Waals surface area (Å²) in [6, 6.07) is 5.08. The molecule has 1 saturated heterocycles. The van der Waals surface area contributed by atoms with Crippen molar-refractivity contribution in [1.82, 2.24) is 14.9 Å². The fraction of sp³-hybridized carbons (Fsp3) is 0.429. The van der Waals surface area contributed by atoms with E-state index in [1.165, 1.54) is 18.0 Å². The van der Waals surface area contributed by atoms with E-state index in [0.29, 0.717) is 29.6 Å². The van der Waals surface area contributed by atoms with E-state index in [1.54, 1.807) is 18.2 Å². The molecule has 0 bridgehead atoms. The molecule has 7 heteroatoms. The first-order chi connectivity index (χ1) is 9.72. The van der Waals surface area contributed by atoms with Crippen molar-refractivity contribution in [1.29, 1.82) is 0 Å². The van der Waals surface area contributed by atoms with Crippen LogP contribution in [0.5, 0.6) is 5.75 Å². The predicted molar refractivity (Wildman–Crippen MR) is 82.3 cm³/mol. The molecule has 3 rings (SSSR count). The van der Waals surface area contributed by atoms with E-state index in [0.717, 1.165) is 6.54 Å². The zero-order chi connectivity index (χ0) is 14.1. The van der Waals surface area contributed by atoms with Crippen LogP contribution in [0, 0.1) is 0 Å². The van der Waals surface area contributed by atoms with Gasteiger partial charge >= 0.3 is 0 Å². The van der Waals surface area contributed by atoms with Gasteiger partial charge in [0, 0.05) is 6.54 Å². The molecule has 114 valence electrons. The number of hydrogen-bond donors (Lipinski definition) is 2. The molecule has 1 aromatic carbocycles. The van der Waals surface area contributed by atoms with Crippen molar-refractivity contribution in [2.75, 3.05) is 20.2 Å². The van der Waals surface area contributed by atoms with Gasteiger partial charge in [0.05, 0.1) is 31.1 Å². The third-order valence-corrected chi connectivity index (χ3v) is 3.77. The maximum Gasteiger partial charge on any atom is 0.265 e. The first-order valence-electron chi connectivity index (χ1n) is 6.65. The van der Waals surface area contributed by atoms with Crippen LogP contribution < -0.4 is 15.6 Å². The van der Waals surface area contributed by atoms with Crippen LogP contribution in [-0.4, -0.2) is 41.0 Å². The Bertz CT molecular complexity index is 689. The van der Waals surface area contributed by atoms with E-state index in [4.69, 9.17) is 4.74 Å². The Morgan fingerprint density at radius 3 is 3.00 bits per heavy atom. The number of aromatic nitrogens is 2. The number of nitrogens with one attached hydrogen (secondary N) is 1. The van der Waals surface area contributed by atoms with Crippen LogP contribution in [0.1, 0.15) is 12.5 Å². The lowest BCUT2D eigenvalue weighted by atomic mass is 10.0. The van der Waals surface area contributed by atoms with Crippen LogP contribution in [0.4, 0.5) is 0 Å². The fourth-order valence-electron chi connectivity index (χ4n) is 2.71. The molecule has 1 aliphatic heterocycles. The van der Waals surface area contributed by atoms with E-state index in [2.05, 4.69) is 10.3 Å². The van der Waals surface area contributed by atoms with Gasteiger partial charge in [-0.3, -0.25) is 9.36 Å². The highest BCUT2D eigenvalue weighted by molar-refractivity contribution is 5.85. The molecule has 0 spiro atoms. The van der Waals surface area contributed by atoms with Crippen molar-refractivity contribution in [3.63, 3.8) is 0 Å². The zero-order valence-electron chi connectivity index (χ0n) is 11.7. The molecule has 1 fully saturated rings. The highest BCUT2D eigenvalue weighted by Gasteiger charge is 2.26. The Hall–Kier alpha value is -1.63. The minimum absolute atomic E-state index is 0. The summed E-state index contributed by atoms with van der Waals surface area (Å²) in [4.78, 5) is 17.0. The molecule has 0 unspecified atom stereocenters. The largest absolute Gasteiger partial charge is 0.496 e. The molecular formula is C14H18ClN3O3. The van der Waals surface area contributed by atoms with Gasteiger partial charge in [-0.05, 0) is 25.1 Å². The zero-order valence-corrected chi connectivity index (χ0v) is 12.5. The summed E-state index contributed by atoms with van der Waals surface area (Å²) in [6.07, 6.45) is 1.63. The van der Waals surface area contributed by atoms with Crippen LogP contribution in [0.3, 0.4) is 0 Å². The summed E-state index contributed by atoms with van der Waals surface area (Å²) in [5, 5.41) is 13.6. The molecule has 1 aliphatic rings. The highest BCUT2D eigenvalue weighted by Crippen LogP contribution is 2.22. The van der Waals surface area contributed by atoms with Gasteiger partial charge in [-0.15, -0.1) is 12.4 Å². The van der Waals surface area contributed by atoms with Crippen molar-refractivity contribution in [2.45, 2.75) is 18.6 Å². The average molecular weight is 312 g/mol. The number of β-amino-alcohol motifs (C(OH)–C–C–N with tert-alkyl or cyclic N) is 1. The van der Waals surface area contributed by atoms with Gasteiger partial charge in [-0.25, -0.2) is 4.98 Å². The monoisotopic (exact) mass is 311 g/mol. The number of fused-ring (bicyclic) bond motifs is 1. The third-order valence-electron chi connectivity index (χ3n) is 3.77. The van der Waals surface area contributed by atoms with Gasteiger partial charge < -0.3 is 15.2 Å². The fourth-order valence-corrected chi connectivity index (χ4v) is 2.71. The summed E-state index contributed by atoms with van der Waals surface area (Å²) in [5.41, 5.74) is 0.437. The van der Waals surface area contributed by atoms with Crippen molar-refractivity contribution in [3.05, 3.63) is 34.9 Å². The Balaban J connectivity index is 0.00000161. The quantitative estimate of drug-likeness (QED) is 0.855. The lowest BCUT2D eigenvalue weighted by Gasteiger charge is -2.29. The Kier molecular flexibility index (Phi) is 4.82. The lowest BCUT2D eigenvalue weighted by molar-refractivity contribution is 0.0852. The first kappa shape index (κ1) is 15.8. The number of piperidine rings is 1. The molecule has 2 N–H and O–H groups in total. The number of nitrogens with zero attached hydrogens (tertiary/aromatic N) is 2. The first-order valence-corrected chi connectivity index (χ1v) is 6.65. The average Bonchev–Trinajstić information content (AvgIpc) is 2.48. The third kappa shape index (κ3) is 2.74. The SMILES string of the molecule is COc1cccc2ncn([C@@H]3CCNC[C@H]3O)c(=O)c12.Cl. The summed E-state index contributed by atoms with van der Waals surface area (Å²) in [6.45, 7) is 1.26. The second-order valence-electron chi connectivity index (χ2n) is 4.94. The minimum atomic E-state index is -0.588. The smallest absolute Gasteiger partial charge is 0.265 e. The van der Waals surface area contributed by atoms with E-state index >= 15 is 0 Å². The number of ether oxygens (including phenoxy) is 1. The van der Waals surface area contributed by atoms with Crippen LogP contribution in [-0.2, 0) is 0 Å². The number of rotatable bonds is 2. The molecule has 1 aromatic heterocycles. The van der Waals surface area contributed by atoms with Crippen molar-refractivity contribution >= 4 is 23.3 Å². The Morgan fingerprint density at radius 1 is 1.48 bits per heavy atom. The van der Waals surface area contributed by atoms with Crippen LogP contribution >= 0.6 is 12.4 Å². The number of aliphatic hydroxyl groups is 1. The summed E-state index contributed by atoms with van der Waals surface area (Å²) in [7, 11) is 1.53. The molecule has 0 saturated carbocycles. The second kappa shape index (κ2) is 6.43. The van der Waals surface area contributed by atoms with E-state index < -0.39 is 6.10 Å². The molecule has 2 heterocycles. The lowest BCUT2D eigenvalue weighted by Crippen LogP contribution is -2.44. The maximum atomic E-state index is 12.7. The number of benzene rings is 1. The summed E-state index contributed by atoms with van der Waals surface area (Å²) in [5.74, 6) is 0.512. The van der Waals surface area contributed by atoms with Gasteiger partial charge in [-0.2, -0.15) is 0 Å². The van der Waals surface area contributed by atoms with Gasteiger partial charge in [0.1, 0.15) is 11.1 Å². The molecular weight excluding hydrogens is 294 g/mol. The molecule has 0 amide bonds. The molecule has 2 atom stereocenters. The second-order valence-corrected chi connectivity index (χ2v) is 4.94. The normalized spacial score (nSPS) is 21.8. The Morgan fingerprint density at radius 2 is 2.29 bits per heavy atom. The standard InChI is InChI=1S/C14H17N3O3.ClH/c1-20-12-4-2-3-9-13(12)14(19)17(8-16-9)10-5-6-15-7-11(10)18;/h2-4,8,10-11,15,18H,5-7H2,1H3;1H/t10-,11-;/m1./s1. The molecule has 2 aromatic rings. The molecule has 21 heavy (non-hydrogen) atoms. The highest BCUT2D eigenvalue weighted by atomic mass is 35.5. The summed E-state index contributed by atoms with van der Waals surface area (Å²) < 4.78 is 6.77. The van der Waals surface area contributed by atoms with Crippen molar-refractivity contribution in [3.8, 4) is 5.75 Å². The molecule has 6 nitrogen and oxygen atoms in total. The number of hydrogen-bond acceptors (Lipinski definition) is 5. The molecule has 0 aliphatic carbocycles. The van der Waals surface area contributed by atoms with Gasteiger partial charge in [-0.1, -0.05) is 6.07 Å². The van der Waals surface area contributed by atoms with Gasteiger partial charge in [0.2, 0.25) is 0 Å². The van der Waals surface area contributed by atoms with E-state index in [1.807, 2.05) is 0 Å². The Labute approximate surface area is 128 Å². The number of methoxy groups -OCH3 is 1. The molecule has 0 radical (unpaired) electrons. The van der Waals surface area contributed by atoms with Crippen LogP contribution in [0.2, 0.25) is 0 Å². The topological polar surface area (TPSA) is 76.4 Å². The minimum Gasteiger partial charge on any atom is -0.496 e. The van der Waals surface area contributed by atoms with Crippen molar-refractivity contribution in [2.24, 2.45) is 0 Å². The van der Waals surface area contributed by atoms with Crippen molar-refractivity contribution < 1.29 is 9.84 Å². The number of halogens is 1. The van der Waals surface area contributed by atoms with Crippen LogP contribution in [0.25, 0.3) is 10.9 Å². The van der Waals surface area contributed by atoms with E-state index in [9.17, 15) is 9.90 Å². The van der Waals surface area contributed by atoms with E-state index in [-0.39, 0.29) is 24.0 Å².